The average Bonchev–Trinajstić information content (AvgIpc) is 3.21. The fourth-order valence-electron chi connectivity index (χ4n) is 2.72. The molecule has 2 N–H and O–H groups in total. The van der Waals surface area contributed by atoms with Crippen LogP contribution in [0.2, 0.25) is 0 Å². The highest BCUT2D eigenvalue weighted by Crippen LogP contribution is 2.28. The summed E-state index contributed by atoms with van der Waals surface area (Å²) in [5.41, 5.74) is 2.73. The van der Waals surface area contributed by atoms with Crippen molar-refractivity contribution in [2.24, 2.45) is 0 Å². The molecule has 3 aromatic rings. The molecule has 0 saturated heterocycles. The summed E-state index contributed by atoms with van der Waals surface area (Å²) < 4.78 is 0. The molecule has 3 heterocycles. The lowest BCUT2D eigenvalue weighted by Crippen LogP contribution is -2.25. The molecule has 0 unspecified atom stereocenters. The smallest absolute Gasteiger partial charge is 0.280 e. The Labute approximate surface area is 142 Å². The summed E-state index contributed by atoms with van der Waals surface area (Å²) >= 11 is 1.52. The Morgan fingerprint density at radius 2 is 2.12 bits per heavy atom. The number of fused-ring (bicyclic) bond motifs is 1. The summed E-state index contributed by atoms with van der Waals surface area (Å²) in [7, 11) is 2.09. The number of rotatable bonds is 3. The van der Waals surface area contributed by atoms with Crippen LogP contribution in [0.15, 0.2) is 30.3 Å². The molecular formula is C16H16N6OS. The summed E-state index contributed by atoms with van der Waals surface area (Å²) in [6.07, 6.45) is 0.914. The van der Waals surface area contributed by atoms with Crippen LogP contribution >= 0.6 is 11.3 Å². The Morgan fingerprint density at radius 3 is 2.96 bits per heavy atom. The molecule has 122 valence electrons. The second kappa shape index (κ2) is 6.14. The standard InChI is InChI=1S/C16H16N6OS/c1-22-8-7-11-12(9-22)24-16(17-11)18-15(23)14-13(19-21-20-14)10-5-3-2-4-6-10/h2-6H,7-9H2,1H3,(H,17,18,23)(H,19,20,21). The van der Waals surface area contributed by atoms with Crippen molar-refractivity contribution in [1.29, 1.82) is 0 Å². The minimum Gasteiger partial charge on any atom is -0.301 e. The number of amides is 1. The van der Waals surface area contributed by atoms with E-state index < -0.39 is 0 Å². The van der Waals surface area contributed by atoms with Crippen molar-refractivity contribution in [1.82, 2.24) is 25.3 Å². The van der Waals surface area contributed by atoms with Crippen molar-refractivity contribution in [2.75, 3.05) is 18.9 Å². The number of carbonyl (C=O) groups excluding carboxylic acids is 1. The molecule has 0 spiro atoms. The van der Waals surface area contributed by atoms with Gasteiger partial charge in [-0.15, -0.1) is 11.3 Å². The summed E-state index contributed by atoms with van der Waals surface area (Å²) in [5, 5.41) is 14.1. The molecule has 1 aliphatic heterocycles. The van der Waals surface area contributed by atoms with E-state index in [1.54, 1.807) is 0 Å². The number of aromatic amines is 1. The van der Waals surface area contributed by atoms with Gasteiger partial charge < -0.3 is 4.90 Å². The predicted molar refractivity (Wildman–Crippen MR) is 91.9 cm³/mol. The molecule has 4 rings (SSSR count). The van der Waals surface area contributed by atoms with E-state index in [1.165, 1.54) is 16.2 Å². The Balaban J connectivity index is 1.57. The lowest BCUT2D eigenvalue weighted by molar-refractivity contribution is 0.102. The van der Waals surface area contributed by atoms with Gasteiger partial charge in [-0.1, -0.05) is 30.3 Å². The molecule has 24 heavy (non-hydrogen) atoms. The van der Waals surface area contributed by atoms with E-state index in [0.717, 1.165) is 30.8 Å². The van der Waals surface area contributed by atoms with Gasteiger partial charge in [-0.25, -0.2) is 4.98 Å². The Hall–Kier alpha value is -2.58. The fraction of sp³-hybridized carbons (Fsp3) is 0.250. The molecule has 0 saturated carbocycles. The zero-order valence-corrected chi connectivity index (χ0v) is 13.9. The van der Waals surface area contributed by atoms with E-state index in [9.17, 15) is 4.79 Å². The number of carbonyl (C=O) groups is 1. The van der Waals surface area contributed by atoms with Crippen LogP contribution in [0, 0.1) is 0 Å². The van der Waals surface area contributed by atoms with Crippen molar-refractivity contribution in [2.45, 2.75) is 13.0 Å². The number of benzene rings is 1. The van der Waals surface area contributed by atoms with E-state index in [-0.39, 0.29) is 11.6 Å². The molecule has 8 heteroatoms. The van der Waals surface area contributed by atoms with Crippen LogP contribution in [0.5, 0.6) is 0 Å². The third-order valence-electron chi connectivity index (χ3n) is 3.95. The quantitative estimate of drug-likeness (QED) is 0.763. The van der Waals surface area contributed by atoms with Crippen molar-refractivity contribution in [3.05, 3.63) is 46.6 Å². The highest BCUT2D eigenvalue weighted by Gasteiger charge is 2.22. The number of likely N-dealkylation sites (N-methyl/N-ethyl adjacent to an activating group) is 1. The van der Waals surface area contributed by atoms with Gasteiger partial charge in [-0.3, -0.25) is 10.1 Å². The number of thiazole rings is 1. The number of anilines is 1. The number of nitrogens with zero attached hydrogens (tertiary/aromatic N) is 4. The summed E-state index contributed by atoms with van der Waals surface area (Å²) in [4.78, 5) is 20.6. The number of H-pyrrole nitrogens is 1. The lowest BCUT2D eigenvalue weighted by atomic mass is 10.1. The van der Waals surface area contributed by atoms with E-state index in [4.69, 9.17) is 0 Å². The molecule has 2 aromatic heterocycles. The number of aromatic nitrogens is 4. The molecule has 0 fully saturated rings. The molecule has 7 nitrogen and oxygen atoms in total. The van der Waals surface area contributed by atoms with Gasteiger partial charge in [0.05, 0.1) is 5.69 Å². The van der Waals surface area contributed by atoms with Gasteiger partial charge in [0.15, 0.2) is 10.8 Å². The average molecular weight is 340 g/mol. The molecule has 0 bridgehead atoms. The van der Waals surface area contributed by atoms with Crippen molar-refractivity contribution in [3.63, 3.8) is 0 Å². The first-order chi connectivity index (χ1) is 11.7. The third kappa shape index (κ3) is 2.81. The maximum absolute atomic E-state index is 12.6. The highest BCUT2D eigenvalue weighted by molar-refractivity contribution is 7.15. The monoisotopic (exact) mass is 340 g/mol. The molecule has 1 aromatic carbocycles. The molecule has 1 aliphatic rings. The van der Waals surface area contributed by atoms with Crippen molar-refractivity contribution < 1.29 is 4.79 Å². The molecule has 0 aliphatic carbocycles. The van der Waals surface area contributed by atoms with Gasteiger partial charge in [-0.2, -0.15) is 15.4 Å². The Bertz CT molecular complexity index is 872. The lowest BCUT2D eigenvalue weighted by Gasteiger charge is -2.20. The fourth-order valence-corrected chi connectivity index (χ4v) is 3.80. The zero-order valence-electron chi connectivity index (χ0n) is 13.1. The van der Waals surface area contributed by atoms with Gasteiger partial charge >= 0.3 is 0 Å². The maximum Gasteiger partial charge on any atom is 0.280 e. The number of hydrogen-bond acceptors (Lipinski definition) is 6. The predicted octanol–water partition coefficient (Wildman–Crippen LogP) is 2.17. The second-order valence-corrected chi connectivity index (χ2v) is 6.80. The Morgan fingerprint density at radius 1 is 1.29 bits per heavy atom. The minimum atomic E-state index is -0.304. The van der Waals surface area contributed by atoms with Crippen LogP contribution in [0.25, 0.3) is 11.3 Å². The normalized spacial score (nSPS) is 14.4. The van der Waals surface area contributed by atoms with E-state index in [2.05, 4.69) is 37.7 Å². The molecule has 0 atom stereocenters. The molecular weight excluding hydrogens is 324 g/mol. The van der Waals surface area contributed by atoms with E-state index >= 15 is 0 Å². The van der Waals surface area contributed by atoms with Crippen molar-refractivity contribution >= 4 is 22.4 Å². The number of hydrogen-bond donors (Lipinski definition) is 2. The molecule has 0 radical (unpaired) electrons. The van der Waals surface area contributed by atoms with Gasteiger partial charge in [0.1, 0.15) is 5.69 Å². The largest absolute Gasteiger partial charge is 0.301 e. The van der Waals surface area contributed by atoms with E-state index in [0.29, 0.717) is 10.8 Å². The van der Waals surface area contributed by atoms with E-state index in [1.807, 2.05) is 30.3 Å². The van der Waals surface area contributed by atoms with Crippen LogP contribution in [-0.2, 0) is 13.0 Å². The van der Waals surface area contributed by atoms with Gasteiger partial charge in [0.2, 0.25) is 0 Å². The minimum absolute atomic E-state index is 0.270. The Kier molecular flexibility index (Phi) is 3.83. The van der Waals surface area contributed by atoms with Crippen LogP contribution < -0.4 is 5.32 Å². The first-order valence-corrected chi connectivity index (χ1v) is 8.47. The topological polar surface area (TPSA) is 86.8 Å². The molecule has 1 amide bonds. The maximum atomic E-state index is 12.6. The van der Waals surface area contributed by atoms with Crippen LogP contribution in [0.3, 0.4) is 0 Å². The van der Waals surface area contributed by atoms with Crippen molar-refractivity contribution in [3.8, 4) is 11.3 Å². The first kappa shape index (κ1) is 15.0. The van der Waals surface area contributed by atoms with Gasteiger partial charge in [0.25, 0.3) is 5.91 Å². The number of nitrogens with one attached hydrogen (secondary N) is 2. The first-order valence-electron chi connectivity index (χ1n) is 7.65. The summed E-state index contributed by atoms with van der Waals surface area (Å²) in [6.45, 7) is 1.87. The zero-order chi connectivity index (χ0) is 16.5. The SMILES string of the molecule is CN1CCc2nc(NC(=O)c3n[nH]nc3-c3ccccc3)sc2C1. The van der Waals surface area contributed by atoms with Gasteiger partial charge in [0, 0.05) is 30.0 Å². The van der Waals surface area contributed by atoms with Crippen LogP contribution in [0.4, 0.5) is 5.13 Å². The summed E-state index contributed by atoms with van der Waals surface area (Å²) in [6, 6.07) is 9.51. The van der Waals surface area contributed by atoms with Crippen LogP contribution in [-0.4, -0.2) is 44.8 Å². The third-order valence-corrected chi connectivity index (χ3v) is 4.95. The second-order valence-electron chi connectivity index (χ2n) is 5.72. The van der Waals surface area contributed by atoms with Gasteiger partial charge in [-0.05, 0) is 7.05 Å². The van der Waals surface area contributed by atoms with Crippen LogP contribution in [0.1, 0.15) is 21.1 Å². The summed E-state index contributed by atoms with van der Waals surface area (Å²) in [5.74, 6) is -0.304. The highest BCUT2D eigenvalue weighted by atomic mass is 32.1.